The Balaban J connectivity index is 2.62. The van der Waals surface area contributed by atoms with E-state index in [0.717, 1.165) is 12.8 Å². The zero-order valence-corrected chi connectivity index (χ0v) is 17.8. The van der Waals surface area contributed by atoms with Gasteiger partial charge >= 0.3 is 5.97 Å². The van der Waals surface area contributed by atoms with Gasteiger partial charge in [-0.3, -0.25) is 9.59 Å². The Morgan fingerprint density at radius 2 is 1.96 bits per heavy atom. The summed E-state index contributed by atoms with van der Waals surface area (Å²) in [6.07, 6.45) is 17.8. The summed E-state index contributed by atoms with van der Waals surface area (Å²) in [6, 6.07) is 0. The van der Waals surface area contributed by atoms with Gasteiger partial charge in [-0.15, -0.1) is 0 Å². The second-order valence-corrected chi connectivity index (χ2v) is 7.56. The van der Waals surface area contributed by atoms with Crippen LogP contribution in [0.25, 0.3) is 0 Å². The highest BCUT2D eigenvalue weighted by Gasteiger charge is 2.39. The van der Waals surface area contributed by atoms with Gasteiger partial charge in [0.25, 0.3) is 0 Å². The molecule has 0 saturated heterocycles. The number of carbonyl (C=O) groups is 2. The number of methoxy groups -OCH3 is 1. The lowest BCUT2D eigenvalue weighted by atomic mass is 9.92. The summed E-state index contributed by atoms with van der Waals surface area (Å²) < 4.78 is 5.14. The van der Waals surface area contributed by atoms with E-state index in [-0.39, 0.29) is 11.8 Å². The van der Waals surface area contributed by atoms with E-state index in [1.165, 1.54) is 20.0 Å². The van der Waals surface area contributed by atoms with E-state index < -0.39 is 5.60 Å². The van der Waals surface area contributed by atoms with Gasteiger partial charge in [0.2, 0.25) is 0 Å². The van der Waals surface area contributed by atoms with Gasteiger partial charge in [0.05, 0.1) is 10.7 Å². The minimum absolute atomic E-state index is 0.119. The molecule has 0 aliphatic heterocycles. The highest BCUT2D eigenvalue weighted by molar-refractivity contribution is 14.1. The fraction of sp³-hybridized carbons (Fsp3) is 0.524. The largest absolute Gasteiger partial charge is 0.469 e. The Labute approximate surface area is 170 Å². The number of hydrogen-bond donors (Lipinski definition) is 1. The Morgan fingerprint density at radius 1 is 1.23 bits per heavy atom. The first kappa shape index (κ1) is 22.8. The average Bonchev–Trinajstić information content (AvgIpc) is 2.83. The molecule has 0 aromatic carbocycles. The highest BCUT2D eigenvalue weighted by atomic mass is 127. The number of allylic oxidation sites excluding steroid dienone is 5. The number of Topliss-reactive ketones (excluding diaryl/α,β-unsaturated/α-hetero) is 1. The first-order chi connectivity index (χ1) is 12.4. The molecule has 1 atom stereocenters. The summed E-state index contributed by atoms with van der Waals surface area (Å²) in [4.78, 5) is 23.4. The van der Waals surface area contributed by atoms with Crippen LogP contribution in [0, 0.1) is 0 Å². The van der Waals surface area contributed by atoms with Crippen LogP contribution in [0.2, 0.25) is 0 Å². The zero-order valence-electron chi connectivity index (χ0n) is 15.7. The number of rotatable bonds is 11. The minimum atomic E-state index is -1.23. The number of hydrogen-bond acceptors (Lipinski definition) is 4. The van der Waals surface area contributed by atoms with E-state index >= 15 is 0 Å². The molecule has 0 spiro atoms. The van der Waals surface area contributed by atoms with E-state index in [1.807, 2.05) is 34.7 Å². The molecule has 0 saturated carbocycles. The highest BCUT2D eigenvalue weighted by Crippen LogP contribution is 2.36. The maximum Gasteiger partial charge on any atom is 0.305 e. The van der Waals surface area contributed by atoms with Crippen molar-refractivity contribution in [3.63, 3.8) is 0 Å². The molecule has 1 N–H and O–H groups in total. The van der Waals surface area contributed by atoms with E-state index in [1.54, 1.807) is 18.2 Å². The summed E-state index contributed by atoms with van der Waals surface area (Å²) in [5, 5.41) is 10.9. The third-order valence-electron chi connectivity index (χ3n) is 4.24. The first-order valence-electron chi connectivity index (χ1n) is 9.19. The number of ether oxygens (including phenoxy) is 1. The summed E-state index contributed by atoms with van der Waals surface area (Å²) in [6.45, 7) is 2.17. The molecule has 4 nitrogen and oxygen atoms in total. The lowest BCUT2D eigenvalue weighted by Crippen LogP contribution is -2.27. The number of esters is 1. The normalized spacial score (nSPS) is 21.9. The Bertz CT molecular complexity index is 601. The zero-order chi connectivity index (χ0) is 19.4. The van der Waals surface area contributed by atoms with Crippen LogP contribution in [0.4, 0.5) is 0 Å². The Hall–Kier alpha value is -1.21. The molecule has 0 bridgehead atoms. The summed E-state index contributed by atoms with van der Waals surface area (Å²) in [7, 11) is 1.38. The van der Waals surface area contributed by atoms with Gasteiger partial charge in [-0.05, 0) is 54.4 Å². The Morgan fingerprint density at radius 3 is 2.65 bits per heavy atom. The molecule has 1 aliphatic carbocycles. The van der Waals surface area contributed by atoms with Crippen LogP contribution in [0.1, 0.15) is 58.3 Å². The number of ketones is 1. The summed E-state index contributed by atoms with van der Waals surface area (Å²) in [5.74, 6) is -0.340. The summed E-state index contributed by atoms with van der Waals surface area (Å²) in [5.41, 5.74) is -0.824. The van der Waals surface area contributed by atoms with Crippen LogP contribution in [0.3, 0.4) is 0 Å². The molecule has 0 aromatic rings. The fourth-order valence-electron chi connectivity index (χ4n) is 2.69. The van der Waals surface area contributed by atoms with Gasteiger partial charge in [-0.2, -0.15) is 0 Å². The van der Waals surface area contributed by atoms with Crippen LogP contribution < -0.4 is 0 Å². The molecular weight excluding hydrogens is 443 g/mol. The molecule has 1 rings (SSSR count). The van der Waals surface area contributed by atoms with Crippen molar-refractivity contribution in [3.05, 3.63) is 45.6 Å². The number of carbonyl (C=O) groups excluding carboxylic acids is 2. The van der Waals surface area contributed by atoms with E-state index in [0.29, 0.717) is 34.8 Å². The molecule has 1 unspecified atom stereocenters. The summed E-state index contributed by atoms with van der Waals surface area (Å²) >= 11 is 1.97. The van der Waals surface area contributed by atoms with E-state index in [2.05, 4.69) is 17.7 Å². The maximum atomic E-state index is 12.3. The molecule has 26 heavy (non-hydrogen) atoms. The topological polar surface area (TPSA) is 63.6 Å². The maximum absolute atomic E-state index is 12.3. The van der Waals surface area contributed by atoms with Crippen molar-refractivity contribution in [3.8, 4) is 0 Å². The predicted molar refractivity (Wildman–Crippen MR) is 113 cm³/mol. The van der Waals surface area contributed by atoms with Gasteiger partial charge in [0, 0.05) is 18.4 Å². The van der Waals surface area contributed by atoms with Gasteiger partial charge in [0.1, 0.15) is 5.60 Å². The lowest BCUT2D eigenvalue weighted by Gasteiger charge is -2.20. The third-order valence-corrected chi connectivity index (χ3v) is 5.04. The minimum Gasteiger partial charge on any atom is -0.469 e. The molecule has 0 fully saturated rings. The van der Waals surface area contributed by atoms with Crippen LogP contribution in [-0.4, -0.2) is 29.6 Å². The van der Waals surface area contributed by atoms with Crippen LogP contribution in [0.5, 0.6) is 0 Å². The molecular formula is C21H29IO4. The lowest BCUT2D eigenvalue weighted by molar-refractivity contribution is -0.140. The number of aliphatic hydroxyl groups is 1. The smallest absolute Gasteiger partial charge is 0.305 e. The van der Waals surface area contributed by atoms with Crippen molar-refractivity contribution in [1.29, 1.82) is 0 Å². The van der Waals surface area contributed by atoms with Gasteiger partial charge in [0.15, 0.2) is 5.78 Å². The van der Waals surface area contributed by atoms with Crippen LogP contribution in [0.15, 0.2) is 45.6 Å². The fourth-order valence-corrected chi connectivity index (χ4v) is 3.49. The van der Waals surface area contributed by atoms with Crippen molar-refractivity contribution in [2.75, 3.05) is 7.11 Å². The van der Waals surface area contributed by atoms with Crippen molar-refractivity contribution < 1.29 is 19.4 Å². The van der Waals surface area contributed by atoms with E-state index in [9.17, 15) is 14.7 Å². The predicted octanol–water partition coefficient (Wildman–Crippen LogP) is 4.97. The van der Waals surface area contributed by atoms with Gasteiger partial charge < -0.3 is 9.84 Å². The molecule has 1 aliphatic rings. The quantitative estimate of drug-likeness (QED) is 0.152. The van der Waals surface area contributed by atoms with E-state index in [4.69, 9.17) is 0 Å². The van der Waals surface area contributed by atoms with Gasteiger partial charge in [-0.25, -0.2) is 0 Å². The number of unbranched alkanes of at least 4 members (excludes halogenated alkanes) is 4. The Kier molecular flexibility index (Phi) is 10.7. The molecule has 5 heteroatoms. The van der Waals surface area contributed by atoms with Gasteiger partial charge in [-0.1, -0.05) is 50.1 Å². The molecule has 0 amide bonds. The monoisotopic (exact) mass is 472 g/mol. The molecule has 0 heterocycles. The average molecular weight is 472 g/mol. The van der Waals surface area contributed by atoms with Crippen molar-refractivity contribution >= 4 is 34.3 Å². The molecule has 144 valence electrons. The number of halogens is 1. The second-order valence-electron chi connectivity index (χ2n) is 6.39. The molecule has 0 radical (unpaired) electrons. The van der Waals surface area contributed by atoms with Crippen LogP contribution >= 0.6 is 22.6 Å². The third kappa shape index (κ3) is 7.58. The molecule has 0 aromatic heterocycles. The van der Waals surface area contributed by atoms with Crippen molar-refractivity contribution in [1.82, 2.24) is 0 Å². The van der Waals surface area contributed by atoms with Crippen molar-refractivity contribution in [2.24, 2.45) is 0 Å². The first-order valence-corrected chi connectivity index (χ1v) is 10.3. The standard InChI is InChI=1S/C21H29IO4/c1-3-4-5-6-9-12-15-21(25)16-18(22)20(24)17(21)13-10-7-8-11-14-19(23)26-2/h7,9-10,12-13,16,25H,3-6,8,11,14-15H2,1-2H3/b10-7+,12-9-,17-13+. The SMILES string of the molecule is CCCCC/C=C\CC1(O)C=C(I)C(=O)/C1=C\C=C\CCCC(=O)OC. The van der Waals surface area contributed by atoms with Crippen molar-refractivity contribution in [2.45, 2.75) is 63.9 Å². The van der Waals surface area contributed by atoms with Crippen LogP contribution in [-0.2, 0) is 14.3 Å². The second kappa shape index (κ2) is 12.2.